The van der Waals surface area contributed by atoms with Crippen LogP contribution in [0.1, 0.15) is 335 Å². The summed E-state index contributed by atoms with van der Waals surface area (Å²) in [6.45, 7) is 4.36. The van der Waals surface area contributed by atoms with Gasteiger partial charge in [0.2, 0.25) is 5.91 Å². The van der Waals surface area contributed by atoms with Crippen LogP contribution in [0, 0.1) is 0 Å². The molecule has 0 saturated carbocycles. The minimum absolute atomic E-state index is 0.0259. The first kappa shape index (κ1) is 62.9. The Morgan fingerprint density at radius 3 is 0.938 bits per heavy atom. The lowest BCUT2D eigenvalue weighted by molar-refractivity contribution is -0.123. The van der Waals surface area contributed by atoms with E-state index < -0.39 is 12.1 Å². The predicted octanol–water partition coefficient (Wildman–Crippen LogP) is 19.5. The zero-order chi connectivity index (χ0) is 46.3. The molecule has 0 heterocycles. The first-order valence-electron chi connectivity index (χ1n) is 29.5. The lowest BCUT2D eigenvalue weighted by atomic mass is 10.0. The van der Waals surface area contributed by atoms with E-state index in [2.05, 4.69) is 43.5 Å². The molecule has 0 saturated heterocycles. The standard InChI is InChI=1S/C60H117NO3/c1-3-5-7-9-11-13-15-16-17-18-19-20-21-22-23-24-25-26-27-28-29-30-31-32-33-34-35-36-37-38-39-40-41-42-43-44-46-48-50-52-54-56-60(64)61-58(57-62)59(63)55-53-51-49-47-45-14-12-10-8-6-4-2/h15-16,18-19,58-59,62-63H,3-14,17,20-57H2,1-2H3,(H,61,64)/b16-15-,19-18-. The van der Waals surface area contributed by atoms with E-state index in [-0.39, 0.29) is 12.5 Å². The van der Waals surface area contributed by atoms with Crippen molar-refractivity contribution in [3.05, 3.63) is 24.3 Å². The van der Waals surface area contributed by atoms with Crippen molar-refractivity contribution in [1.82, 2.24) is 5.32 Å². The molecule has 0 bridgehead atoms. The molecule has 0 fully saturated rings. The van der Waals surface area contributed by atoms with Crippen molar-refractivity contribution in [2.24, 2.45) is 0 Å². The minimum Gasteiger partial charge on any atom is -0.394 e. The van der Waals surface area contributed by atoms with Gasteiger partial charge in [0.1, 0.15) is 0 Å². The molecule has 0 radical (unpaired) electrons. The summed E-state index contributed by atoms with van der Waals surface area (Å²) in [7, 11) is 0. The Morgan fingerprint density at radius 2 is 0.641 bits per heavy atom. The highest BCUT2D eigenvalue weighted by Crippen LogP contribution is 2.18. The monoisotopic (exact) mass is 900 g/mol. The van der Waals surface area contributed by atoms with E-state index in [0.29, 0.717) is 12.8 Å². The fraction of sp³-hybridized carbons (Fsp3) is 0.917. The maximum absolute atomic E-state index is 12.4. The molecule has 2 unspecified atom stereocenters. The SMILES string of the molecule is CCCCCCC/C=C\C/C=C\CCCCCCCCCCCCCCCCCCCCCCCCCCCCCCCC(=O)NC(CO)C(O)CCCCCCCCCCCCC. The second kappa shape index (κ2) is 56.2. The zero-order valence-corrected chi connectivity index (χ0v) is 43.8. The van der Waals surface area contributed by atoms with Gasteiger partial charge in [0.05, 0.1) is 18.8 Å². The molecule has 0 spiro atoms. The summed E-state index contributed by atoms with van der Waals surface area (Å²) < 4.78 is 0. The largest absolute Gasteiger partial charge is 0.394 e. The number of amides is 1. The maximum Gasteiger partial charge on any atom is 0.220 e. The number of hydrogen-bond acceptors (Lipinski definition) is 3. The van der Waals surface area contributed by atoms with Crippen molar-refractivity contribution in [1.29, 1.82) is 0 Å². The van der Waals surface area contributed by atoms with E-state index >= 15 is 0 Å². The molecule has 2 atom stereocenters. The fourth-order valence-electron chi connectivity index (χ4n) is 9.45. The Labute approximate surface area is 402 Å². The van der Waals surface area contributed by atoms with Gasteiger partial charge in [-0.05, 0) is 44.9 Å². The second-order valence-corrected chi connectivity index (χ2v) is 20.4. The van der Waals surface area contributed by atoms with Gasteiger partial charge >= 0.3 is 0 Å². The molecule has 64 heavy (non-hydrogen) atoms. The van der Waals surface area contributed by atoms with Crippen molar-refractivity contribution < 1.29 is 15.0 Å². The summed E-state index contributed by atoms with van der Waals surface area (Å²) >= 11 is 0. The van der Waals surface area contributed by atoms with Crippen LogP contribution < -0.4 is 5.32 Å². The van der Waals surface area contributed by atoms with Crippen LogP contribution in [-0.2, 0) is 4.79 Å². The van der Waals surface area contributed by atoms with E-state index in [1.54, 1.807) is 0 Å². The molecule has 0 aliphatic heterocycles. The van der Waals surface area contributed by atoms with E-state index in [9.17, 15) is 15.0 Å². The number of carbonyl (C=O) groups excluding carboxylic acids is 1. The minimum atomic E-state index is -0.654. The molecule has 0 aromatic carbocycles. The molecule has 0 aromatic heterocycles. The first-order chi connectivity index (χ1) is 31.7. The van der Waals surface area contributed by atoms with Crippen LogP contribution in [0.3, 0.4) is 0 Å². The molecule has 0 rings (SSSR count). The molecule has 380 valence electrons. The number of aliphatic hydroxyl groups is 2. The average Bonchev–Trinajstić information content (AvgIpc) is 3.30. The normalized spacial score (nSPS) is 12.9. The van der Waals surface area contributed by atoms with E-state index in [1.807, 2.05) is 0 Å². The van der Waals surface area contributed by atoms with Crippen LogP contribution in [0.2, 0.25) is 0 Å². The van der Waals surface area contributed by atoms with Gasteiger partial charge in [-0.25, -0.2) is 0 Å². The Hall–Kier alpha value is -1.13. The summed E-state index contributed by atoms with van der Waals surface area (Å²) in [4.78, 5) is 12.4. The van der Waals surface area contributed by atoms with Gasteiger partial charge in [0, 0.05) is 6.42 Å². The van der Waals surface area contributed by atoms with Crippen molar-refractivity contribution in [3.63, 3.8) is 0 Å². The predicted molar refractivity (Wildman–Crippen MR) is 286 cm³/mol. The van der Waals surface area contributed by atoms with Crippen molar-refractivity contribution in [2.75, 3.05) is 6.61 Å². The summed E-state index contributed by atoms with van der Waals surface area (Å²) in [5, 5.41) is 23.2. The van der Waals surface area contributed by atoms with Gasteiger partial charge in [-0.1, -0.05) is 308 Å². The number of aliphatic hydroxyl groups excluding tert-OH is 2. The molecule has 0 aliphatic rings. The summed E-state index contributed by atoms with van der Waals surface area (Å²) in [5.41, 5.74) is 0. The van der Waals surface area contributed by atoms with Gasteiger partial charge in [0.15, 0.2) is 0 Å². The lowest BCUT2D eigenvalue weighted by Gasteiger charge is -2.22. The molecule has 0 aromatic rings. The van der Waals surface area contributed by atoms with E-state index in [4.69, 9.17) is 0 Å². The van der Waals surface area contributed by atoms with Crippen molar-refractivity contribution >= 4 is 5.91 Å². The van der Waals surface area contributed by atoms with Crippen LogP contribution in [0.15, 0.2) is 24.3 Å². The molecule has 4 heteroatoms. The Bertz CT molecular complexity index is 932. The fourth-order valence-corrected chi connectivity index (χ4v) is 9.45. The molecular weight excluding hydrogens is 783 g/mol. The van der Waals surface area contributed by atoms with Gasteiger partial charge in [-0.15, -0.1) is 0 Å². The highest BCUT2D eigenvalue weighted by molar-refractivity contribution is 5.76. The Morgan fingerprint density at radius 1 is 0.375 bits per heavy atom. The Kier molecular flexibility index (Phi) is 55.2. The van der Waals surface area contributed by atoms with Crippen LogP contribution in [0.5, 0.6) is 0 Å². The third kappa shape index (κ3) is 51.8. The van der Waals surface area contributed by atoms with E-state index in [0.717, 1.165) is 32.1 Å². The number of allylic oxidation sites excluding steroid dienone is 4. The highest BCUT2D eigenvalue weighted by atomic mass is 16.3. The number of rotatable bonds is 55. The quantitative estimate of drug-likeness (QED) is 0.0421. The maximum atomic E-state index is 12.4. The topological polar surface area (TPSA) is 69.6 Å². The highest BCUT2D eigenvalue weighted by Gasteiger charge is 2.20. The van der Waals surface area contributed by atoms with Gasteiger partial charge in [0.25, 0.3) is 0 Å². The Balaban J connectivity index is 3.31. The van der Waals surface area contributed by atoms with Crippen LogP contribution in [0.4, 0.5) is 0 Å². The van der Waals surface area contributed by atoms with E-state index in [1.165, 1.54) is 276 Å². The summed E-state index contributed by atoms with van der Waals surface area (Å²) in [5.74, 6) is -0.0259. The van der Waals surface area contributed by atoms with Gasteiger partial charge < -0.3 is 15.5 Å². The number of unbranched alkanes of at least 4 members (excludes halogenated alkanes) is 44. The number of carbonyl (C=O) groups is 1. The molecule has 1 amide bonds. The van der Waals surface area contributed by atoms with Crippen molar-refractivity contribution in [2.45, 2.75) is 347 Å². The van der Waals surface area contributed by atoms with Crippen LogP contribution >= 0.6 is 0 Å². The summed E-state index contributed by atoms with van der Waals surface area (Å²) in [6.07, 6.45) is 74.9. The molecule has 0 aliphatic carbocycles. The summed E-state index contributed by atoms with van der Waals surface area (Å²) in [6, 6.07) is -0.531. The molecule has 4 nitrogen and oxygen atoms in total. The smallest absolute Gasteiger partial charge is 0.220 e. The number of hydrogen-bond donors (Lipinski definition) is 3. The van der Waals surface area contributed by atoms with Crippen LogP contribution in [0.25, 0.3) is 0 Å². The van der Waals surface area contributed by atoms with Crippen LogP contribution in [-0.4, -0.2) is 34.9 Å². The molecule has 3 N–H and O–H groups in total. The number of nitrogens with one attached hydrogen (secondary N) is 1. The van der Waals surface area contributed by atoms with Gasteiger partial charge in [-0.2, -0.15) is 0 Å². The average molecular weight is 901 g/mol. The zero-order valence-electron chi connectivity index (χ0n) is 43.8. The molecular formula is C60H117NO3. The lowest BCUT2D eigenvalue weighted by Crippen LogP contribution is -2.45. The third-order valence-corrected chi connectivity index (χ3v) is 14.0. The van der Waals surface area contributed by atoms with Crippen molar-refractivity contribution in [3.8, 4) is 0 Å². The first-order valence-corrected chi connectivity index (χ1v) is 29.5. The van der Waals surface area contributed by atoms with Gasteiger partial charge in [-0.3, -0.25) is 4.79 Å². The second-order valence-electron chi connectivity index (χ2n) is 20.4. The third-order valence-electron chi connectivity index (χ3n) is 14.0.